The van der Waals surface area contributed by atoms with E-state index in [0.29, 0.717) is 11.6 Å². The van der Waals surface area contributed by atoms with Gasteiger partial charge in [0, 0.05) is 18.2 Å². The van der Waals surface area contributed by atoms with Gasteiger partial charge in [-0.2, -0.15) is 0 Å². The Morgan fingerprint density at radius 2 is 1.94 bits per heavy atom. The molecule has 3 N–H and O–H groups in total. The molecule has 0 aliphatic heterocycles. The van der Waals surface area contributed by atoms with E-state index in [1.54, 1.807) is 12.1 Å². The largest absolute Gasteiger partial charge is 0.366 e. The van der Waals surface area contributed by atoms with Crippen LogP contribution in [0.15, 0.2) is 24.3 Å². The summed E-state index contributed by atoms with van der Waals surface area (Å²) in [5.41, 5.74) is 6.99. The lowest BCUT2D eigenvalue weighted by Crippen LogP contribution is -2.31. The quantitative estimate of drug-likeness (QED) is 0.856. The summed E-state index contributed by atoms with van der Waals surface area (Å²) in [6.07, 6.45) is 2.58. The second-order valence-electron chi connectivity index (χ2n) is 5.46. The van der Waals surface area contributed by atoms with E-state index in [4.69, 9.17) is 5.73 Å². The molecular formula is C15H22N2O. The molecular weight excluding hydrogens is 224 g/mol. The van der Waals surface area contributed by atoms with Gasteiger partial charge >= 0.3 is 0 Å². The van der Waals surface area contributed by atoms with E-state index in [1.165, 1.54) is 18.4 Å². The third-order valence-corrected chi connectivity index (χ3v) is 4.27. The average Bonchev–Trinajstić information content (AvgIpc) is 2.68. The summed E-state index contributed by atoms with van der Waals surface area (Å²) in [5, 5.41) is 3.61. The number of carbonyl (C=O) groups is 1. The van der Waals surface area contributed by atoms with Gasteiger partial charge in [-0.3, -0.25) is 4.79 Å². The van der Waals surface area contributed by atoms with Crippen molar-refractivity contribution in [3.8, 4) is 0 Å². The van der Waals surface area contributed by atoms with Gasteiger partial charge in [0.05, 0.1) is 0 Å². The Bertz CT molecular complexity index is 413. The van der Waals surface area contributed by atoms with Crippen molar-refractivity contribution in [3.05, 3.63) is 35.4 Å². The Kier molecular flexibility index (Phi) is 4.02. The van der Waals surface area contributed by atoms with Crippen LogP contribution in [0, 0.1) is 11.8 Å². The van der Waals surface area contributed by atoms with Crippen LogP contribution in [0.5, 0.6) is 0 Å². The van der Waals surface area contributed by atoms with Crippen LogP contribution in [-0.2, 0) is 6.54 Å². The minimum atomic E-state index is -0.368. The maximum absolute atomic E-state index is 11.0. The molecule has 0 spiro atoms. The number of hydrogen-bond donors (Lipinski definition) is 2. The van der Waals surface area contributed by atoms with Gasteiger partial charge in [-0.15, -0.1) is 0 Å². The fourth-order valence-electron chi connectivity index (χ4n) is 2.69. The summed E-state index contributed by atoms with van der Waals surface area (Å²) in [5.74, 6) is 1.20. The van der Waals surface area contributed by atoms with Gasteiger partial charge in [-0.25, -0.2) is 0 Å². The van der Waals surface area contributed by atoms with Crippen molar-refractivity contribution in [2.45, 2.75) is 39.3 Å². The first-order valence-corrected chi connectivity index (χ1v) is 6.70. The second-order valence-corrected chi connectivity index (χ2v) is 5.46. The monoisotopic (exact) mass is 246 g/mol. The Morgan fingerprint density at radius 3 is 2.44 bits per heavy atom. The van der Waals surface area contributed by atoms with Crippen molar-refractivity contribution in [3.63, 3.8) is 0 Å². The molecule has 0 saturated heterocycles. The van der Waals surface area contributed by atoms with E-state index in [-0.39, 0.29) is 5.91 Å². The first-order valence-electron chi connectivity index (χ1n) is 6.70. The van der Waals surface area contributed by atoms with Crippen molar-refractivity contribution in [1.29, 1.82) is 0 Å². The number of nitrogens with two attached hydrogens (primary N) is 1. The Labute approximate surface area is 109 Å². The molecule has 1 aliphatic carbocycles. The topological polar surface area (TPSA) is 55.1 Å². The summed E-state index contributed by atoms with van der Waals surface area (Å²) < 4.78 is 0. The minimum absolute atomic E-state index is 0.368. The van der Waals surface area contributed by atoms with Crippen LogP contribution < -0.4 is 11.1 Å². The third-order valence-electron chi connectivity index (χ3n) is 4.27. The molecule has 0 radical (unpaired) electrons. The number of amides is 1. The lowest BCUT2D eigenvalue weighted by atomic mass is 9.97. The van der Waals surface area contributed by atoms with E-state index < -0.39 is 0 Å². The van der Waals surface area contributed by atoms with Crippen molar-refractivity contribution in [2.24, 2.45) is 17.6 Å². The van der Waals surface area contributed by atoms with Crippen LogP contribution in [0.4, 0.5) is 0 Å². The Morgan fingerprint density at radius 1 is 1.28 bits per heavy atom. The van der Waals surface area contributed by atoms with E-state index >= 15 is 0 Å². The molecule has 1 amide bonds. The van der Waals surface area contributed by atoms with Crippen LogP contribution in [0.25, 0.3) is 0 Å². The molecule has 3 atom stereocenters. The van der Waals surface area contributed by atoms with Crippen molar-refractivity contribution in [1.82, 2.24) is 5.32 Å². The van der Waals surface area contributed by atoms with E-state index in [2.05, 4.69) is 19.2 Å². The predicted molar refractivity (Wildman–Crippen MR) is 73.1 cm³/mol. The van der Waals surface area contributed by atoms with Gasteiger partial charge in [0.25, 0.3) is 0 Å². The number of primary amides is 1. The number of hydrogen-bond acceptors (Lipinski definition) is 2. The highest BCUT2D eigenvalue weighted by atomic mass is 16.1. The SMILES string of the molecule is CC1CCC(NCc2ccc(C(N)=O)cc2)C1C. The number of carbonyl (C=O) groups excluding carboxylic acids is 1. The second kappa shape index (κ2) is 5.53. The molecule has 18 heavy (non-hydrogen) atoms. The van der Waals surface area contributed by atoms with E-state index in [9.17, 15) is 4.79 Å². The summed E-state index contributed by atoms with van der Waals surface area (Å²) in [6, 6.07) is 8.14. The summed E-state index contributed by atoms with van der Waals surface area (Å²) >= 11 is 0. The zero-order chi connectivity index (χ0) is 13.1. The van der Waals surface area contributed by atoms with Crippen LogP contribution in [0.3, 0.4) is 0 Å². The van der Waals surface area contributed by atoms with E-state index in [0.717, 1.165) is 18.4 Å². The molecule has 1 aromatic carbocycles. The van der Waals surface area contributed by atoms with Crippen LogP contribution in [0.2, 0.25) is 0 Å². The summed E-state index contributed by atoms with van der Waals surface area (Å²) in [6.45, 7) is 5.51. The first kappa shape index (κ1) is 13.1. The molecule has 1 aromatic rings. The summed E-state index contributed by atoms with van der Waals surface area (Å²) in [4.78, 5) is 11.0. The van der Waals surface area contributed by atoms with Crippen molar-refractivity contribution >= 4 is 5.91 Å². The third kappa shape index (κ3) is 2.91. The number of rotatable bonds is 4. The molecule has 1 aliphatic rings. The fourth-order valence-corrected chi connectivity index (χ4v) is 2.69. The standard InChI is InChI=1S/C15H22N2O/c1-10-3-8-14(11(10)2)17-9-12-4-6-13(7-5-12)15(16)18/h4-7,10-11,14,17H,3,8-9H2,1-2H3,(H2,16,18). The van der Waals surface area contributed by atoms with Crippen LogP contribution in [-0.4, -0.2) is 11.9 Å². The first-order chi connectivity index (χ1) is 8.58. The molecule has 3 nitrogen and oxygen atoms in total. The number of nitrogens with one attached hydrogen (secondary N) is 1. The normalized spacial score (nSPS) is 27.3. The molecule has 1 saturated carbocycles. The van der Waals surface area contributed by atoms with Crippen molar-refractivity contribution < 1.29 is 4.79 Å². The fraction of sp³-hybridized carbons (Fsp3) is 0.533. The minimum Gasteiger partial charge on any atom is -0.366 e. The van der Waals surface area contributed by atoms with Crippen molar-refractivity contribution in [2.75, 3.05) is 0 Å². The smallest absolute Gasteiger partial charge is 0.248 e. The van der Waals surface area contributed by atoms with Gasteiger partial charge in [0.2, 0.25) is 5.91 Å². The maximum atomic E-state index is 11.0. The predicted octanol–water partition coefficient (Wildman–Crippen LogP) is 2.31. The maximum Gasteiger partial charge on any atom is 0.248 e. The molecule has 3 heteroatoms. The van der Waals surface area contributed by atoms with E-state index in [1.807, 2.05) is 12.1 Å². The molecule has 3 unspecified atom stereocenters. The molecule has 98 valence electrons. The van der Waals surface area contributed by atoms with Crippen LogP contribution >= 0.6 is 0 Å². The number of benzene rings is 1. The van der Waals surface area contributed by atoms with Gasteiger partial charge in [-0.1, -0.05) is 26.0 Å². The zero-order valence-corrected chi connectivity index (χ0v) is 11.1. The van der Waals surface area contributed by atoms with Gasteiger partial charge in [-0.05, 0) is 42.4 Å². The molecule has 0 bridgehead atoms. The highest BCUT2D eigenvalue weighted by Crippen LogP contribution is 2.31. The molecule has 0 aromatic heterocycles. The lowest BCUT2D eigenvalue weighted by molar-refractivity contribution is 0.100. The van der Waals surface area contributed by atoms with Gasteiger partial charge < -0.3 is 11.1 Å². The molecule has 0 heterocycles. The Hall–Kier alpha value is -1.35. The van der Waals surface area contributed by atoms with Gasteiger partial charge in [0.1, 0.15) is 0 Å². The highest BCUT2D eigenvalue weighted by Gasteiger charge is 2.28. The lowest BCUT2D eigenvalue weighted by Gasteiger charge is -2.19. The van der Waals surface area contributed by atoms with Gasteiger partial charge in [0.15, 0.2) is 0 Å². The molecule has 2 rings (SSSR count). The Balaban J connectivity index is 1.89. The summed E-state index contributed by atoms with van der Waals surface area (Å²) in [7, 11) is 0. The average molecular weight is 246 g/mol. The van der Waals surface area contributed by atoms with Crippen LogP contribution in [0.1, 0.15) is 42.6 Å². The zero-order valence-electron chi connectivity index (χ0n) is 11.1. The highest BCUT2D eigenvalue weighted by molar-refractivity contribution is 5.92. The molecule has 1 fully saturated rings.